The maximum Gasteiger partial charge on any atom is 0.252 e. The lowest BCUT2D eigenvalue weighted by molar-refractivity contribution is -0.180. The lowest BCUT2D eigenvalue weighted by atomic mass is 9.82. The minimum Gasteiger partial charge on any atom is -0.392 e. The molecule has 1 spiro atoms. The summed E-state index contributed by atoms with van der Waals surface area (Å²) in [6, 6.07) is 6.07. The third-order valence-corrected chi connectivity index (χ3v) is 6.02. The highest BCUT2D eigenvalue weighted by atomic mass is 19.1. The largest absolute Gasteiger partial charge is 0.392 e. The molecule has 6 nitrogen and oxygen atoms in total. The van der Waals surface area contributed by atoms with E-state index in [1.54, 1.807) is 6.07 Å². The van der Waals surface area contributed by atoms with Crippen molar-refractivity contribution in [2.75, 3.05) is 26.2 Å². The summed E-state index contributed by atoms with van der Waals surface area (Å²) in [5.74, 6) is -0.573. The first-order valence-corrected chi connectivity index (χ1v) is 9.72. The van der Waals surface area contributed by atoms with Crippen molar-refractivity contribution in [2.45, 2.75) is 50.4 Å². The second-order valence-electron chi connectivity index (χ2n) is 8.01. The van der Waals surface area contributed by atoms with Gasteiger partial charge in [0.2, 0.25) is 5.91 Å². The Morgan fingerprint density at radius 3 is 2.78 bits per heavy atom. The van der Waals surface area contributed by atoms with Gasteiger partial charge in [0, 0.05) is 32.7 Å². The first-order valence-electron chi connectivity index (χ1n) is 9.72. The molecule has 2 unspecified atom stereocenters. The number of carbonyl (C=O) groups is 2. The van der Waals surface area contributed by atoms with Crippen molar-refractivity contribution in [2.24, 2.45) is 0 Å². The monoisotopic (exact) mass is 375 g/mol. The molecule has 1 aromatic carbocycles. The molecular weight excluding hydrogens is 349 g/mol. The van der Waals surface area contributed by atoms with E-state index in [1.165, 1.54) is 17.0 Å². The fourth-order valence-corrected chi connectivity index (χ4v) is 4.72. The minimum absolute atomic E-state index is 0.137. The Bertz CT molecular complexity index is 750. The SMILES string of the molecule is CCCCN1C(=O)C2CC(O)CN2C2(CN(Cc3cccc(F)c3)C2)C1=O. The molecule has 146 valence electrons. The first-order chi connectivity index (χ1) is 12.9. The number of benzene rings is 1. The quantitative estimate of drug-likeness (QED) is 0.778. The van der Waals surface area contributed by atoms with E-state index in [4.69, 9.17) is 0 Å². The van der Waals surface area contributed by atoms with Crippen molar-refractivity contribution < 1.29 is 19.1 Å². The highest BCUT2D eigenvalue weighted by molar-refractivity contribution is 6.06. The molecule has 3 fully saturated rings. The zero-order valence-electron chi connectivity index (χ0n) is 15.6. The maximum absolute atomic E-state index is 13.4. The third kappa shape index (κ3) is 3.07. The van der Waals surface area contributed by atoms with Gasteiger partial charge < -0.3 is 5.11 Å². The van der Waals surface area contributed by atoms with Gasteiger partial charge in [-0.25, -0.2) is 4.39 Å². The number of rotatable bonds is 5. The second kappa shape index (κ2) is 6.96. The van der Waals surface area contributed by atoms with Crippen molar-refractivity contribution in [1.29, 1.82) is 0 Å². The summed E-state index contributed by atoms with van der Waals surface area (Å²) in [5, 5.41) is 10.1. The van der Waals surface area contributed by atoms with Crippen LogP contribution in [0.1, 0.15) is 31.7 Å². The normalized spacial score (nSPS) is 27.9. The number of imide groups is 1. The molecule has 0 radical (unpaired) electrons. The Labute approximate surface area is 158 Å². The van der Waals surface area contributed by atoms with Crippen LogP contribution < -0.4 is 0 Å². The van der Waals surface area contributed by atoms with Crippen molar-refractivity contribution in [3.05, 3.63) is 35.6 Å². The van der Waals surface area contributed by atoms with E-state index >= 15 is 0 Å². The highest BCUT2D eigenvalue weighted by Crippen LogP contribution is 2.40. The smallest absolute Gasteiger partial charge is 0.252 e. The summed E-state index contributed by atoms with van der Waals surface area (Å²) in [6.45, 7) is 4.40. The van der Waals surface area contributed by atoms with E-state index < -0.39 is 17.7 Å². The second-order valence-corrected chi connectivity index (χ2v) is 8.01. The van der Waals surface area contributed by atoms with E-state index in [9.17, 15) is 19.1 Å². The van der Waals surface area contributed by atoms with E-state index in [0.717, 1.165) is 18.4 Å². The van der Waals surface area contributed by atoms with Crippen LogP contribution in [0.4, 0.5) is 4.39 Å². The predicted molar refractivity (Wildman–Crippen MR) is 97.2 cm³/mol. The highest BCUT2D eigenvalue weighted by Gasteiger charge is 2.63. The Morgan fingerprint density at radius 1 is 1.30 bits per heavy atom. The minimum atomic E-state index is -0.739. The Morgan fingerprint density at radius 2 is 2.07 bits per heavy atom. The van der Waals surface area contributed by atoms with E-state index in [2.05, 4.69) is 4.90 Å². The summed E-state index contributed by atoms with van der Waals surface area (Å²) in [6.07, 6.45) is 1.51. The fourth-order valence-electron chi connectivity index (χ4n) is 4.72. The summed E-state index contributed by atoms with van der Waals surface area (Å²) >= 11 is 0. The average Bonchev–Trinajstić information content (AvgIpc) is 2.99. The number of hydrogen-bond donors (Lipinski definition) is 1. The molecule has 4 rings (SSSR count). The van der Waals surface area contributed by atoms with Crippen molar-refractivity contribution in [3.63, 3.8) is 0 Å². The van der Waals surface area contributed by atoms with Crippen LogP contribution in [0.15, 0.2) is 24.3 Å². The van der Waals surface area contributed by atoms with Crippen molar-refractivity contribution >= 4 is 11.8 Å². The van der Waals surface area contributed by atoms with Gasteiger partial charge in [-0.3, -0.25) is 24.3 Å². The molecule has 1 aromatic rings. The van der Waals surface area contributed by atoms with Gasteiger partial charge in [0.15, 0.2) is 0 Å². The zero-order valence-corrected chi connectivity index (χ0v) is 15.6. The summed E-state index contributed by atoms with van der Waals surface area (Å²) in [5.41, 5.74) is 0.127. The number of aliphatic hydroxyl groups is 1. The number of β-amino-alcohol motifs (C(OH)–C–C–N with tert-alkyl or cyclic N) is 1. The predicted octanol–water partition coefficient (Wildman–Crippen LogP) is 0.984. The number of likely N-dealkylation sites (tertiary alicyclic amines) is 1. The zero-order chi connectivity index (χ0) is 19.2. The van der Waals surface area contributed by atoms with Gasteiger partial charge in [0.05, 0.1) is 12.1 Å². The lowest BCUT2D eigenvalue weighted by Crippen LogP contribution is -2.81. The van der Waals surface area contributed by atoms with Gasteiger partial charge in [-0.15, -0.1) is 0 Å². The van der Waals surface area contributed by atoms with Crippen LogP contribution in [0.5, 0.6) is 0 Å². The number of halogens is 1. The van der Waals surface area contributed by atoms with Gasteiger partial charge in [-0.2, -0.15) is 0 Å². The molecule has 2 amide bonds. The molecule has 3 heterocycles. The number of carbonyl (C=O) groups excluding carboxylic acids is 2. The average molecular weight is 375 g/mol. The third-order valence-electron chi connectivity index (χ3n) is 6.02. The molecule has 7 heteroatoms. The Kier molecular flexibility index (Phi) is 4.78. The van der Waals surface area contributed by atoms with Crippen LogP contribution in [-0.2, 0) is 16.1 Å². The number of fused-ring (bicyclic) bond motifs is 2. The summed E-state index contributed by atoms with van der Waals surface area (Å²) in [4.78, 5) is 31.5. The van der Waals surface area contributed by atoms with Crippen LogP contribution in [-0.4, -0.2) is 75.5 Å². The molecule has 2 atom stereocenters. The fraction of sp³-hybridized carbons (Fsp3) is 0.600. The first kappa shape index (κ1) is 18.5. The van der Waals surface area contributed by atoms with Crippen LogP contribution in [0.3, 0.4) is 0 Å². The lowest BCUT2D eigenvalue weighted by Gasteiger charge is -2.58. The molecule has 3 aliphatic rings. The van der Waals surface area contributed by atoms with E-state index in [0.29, 0.717) is 39.1 Å². The van der Waals surface area contributed by atoms with Gasteiger partial charge in [0.25, 0.3) is 5.91 Å². The van der Waals surface area contributed by atoms with Crippen LogP contribution in [0.25, 0.3) is 0 Å². The molecule has 27 heavy (non-hydrogen) atoms. The molecule has 3 saturated heterocycles. The molecule has 1 N–H and O–H groups in total. The molecule has 0 aliphatic carbocycles. The number of piperazine rings is 1. The number of nitrogens with zero attached hydrogens (tertiary/aromatic N) is 3. The summed E-state index contributed by atoms with van der Waals surface area (Å²) in [7, 11) is 0. The number of amides is 2. The van der Waals surface area contributed by atoms with Gasteiger partial charge in [-0.05, 0) is 30.5 Å². The molecular formula is C20H26FN3O3. The maximum atomic E-state index is 13.4. The van der Waals surface area contributed by atoms with E-state index in [1.807, 2.05) is 17.9 Å². The molecule has 3 aliphatic heterocycles. The van der Waals surface area contributed by atoms with Crippen LogP contribution in [0.2, 0.25) is 0 Å². The topological polar surface area (TPSA) is 64.1 Å². The Hall–Kier alpha value is -1.83. The van der Waals surface area contributed by atoms with Crippen LogP contribution >= 0.6 is 0 Å². The van der Waals surface area contributed by atoms with Crippen molar-refractivity contribution in [1.82, 2.24) is 14.7 Å². The molecule has 0 saturated carbocycles. The standard InChI is InChI=1S/C20H26FN3O3/c1-2-3-7-23-18(26)17-9-16(25)11-24(17)20(19(23)27)12-22(13-20)10-14-5-4-6-15(21)8-14/h4-6,8,16-17,25H,2-3,7,9-13H2,1H3. The number of hydrogen-bond acceptors (Lipinski definition) is 5. The van der Waals surface area contributed by atoms with Crippen LogP contribution in [0, 0.1) is 5.82 Å². The Balaban J connectivity index is 1.53. The molecule has 0 aromatic heterocycles. The van der Waals surface area contributed by atoms with Crippen molar-refractivity contribution in [3.8, 4) is 0 Å². The van der Waals surface area contributed by atoms with Gasteiger partial charge >= 0.3 is 0 Å². The number of unbranched alkanes of at least 4 members (excludes halogenated alkanes) is 1. The van der Waals surface area contributed by atoms with Gasteiger partial charge in [-0.1, -0.05) is 25.5 Å². The van der Waals surface area contributed by atoms with Gasteiger partial charge in [0.1, 0.15) is 11.4 Å². The van der Waals surface area contributed by atoms with E-state index in [-0.39, 0.29) is 17.6 Å². The molecule has 0 bridgehead atoms. The number of aliphatic hydroxyl groups excluding tert-OH is 1. The summed E-state index contributed by atoms with van der Waals surface area (Å²) < 4.78 is 13.4.